The van der Waals surface area contributed by atoms with Gasteiger partial charge < -0.3 is 14.4 Å². The molecule has 1 aliphatic rings. The van der Waals surface area contributed by atoms with Gasteiger partial charge in [-0.3, -0.25) is 0 Å². The average molecular weight is 384 g/mol. The van der Waals surface area contributed by atoms with Gasteiger partial charge in [-0.2, -0.15) is 0 Å². The average Bonchev–Trinajstić information content (AvgIpc) is 3.36. The van der Waals surface area contributed by atoms with Crippen LogP contribution in [-0.4, -0.2) is 23.5 Å². The fourth-order valence-corrected chi connectivity index (χ4v) is 3.47. The van der Waals surface area contributed by atoms with Gasteiger partial charge in [0.2, 0.25) is 0 Å². The zero-order chi connectivity index (χ0) is 17.6. The van der Waals surface area contributed by atoms with E-state index < -0.39 is 0 Å². The number of unbranched alkanes of at least 4 members (excludes halogenated alkanes) is 3. The largest absolute Gasteiger partial charge is 0.396 e. The summed E-state index contributed by atoms with van der Waals surface area (Å²) in [5.74, 6) is 1.34. The summed E-state index contributed by atoms with van der Waals surface area (Å²) in [7, 11) is 0. The molecule has 0 aliphatic heterocycles. The van der Waals surface area contributed by atoms with Crippen molar-refractivity contribution in [3.05, 3.63) is 39.6 Å². The molecule has 0 unspecified atom stereocenters. The molecule has 1 N–H and O–H groups in total. The smallest absolute Gasteiger partial charge is 0.145 e. The summed E-state index contributed by atoms with van der Waals surface area (Å²) >= 11 is 12.7. The molecule has 0 amide bonds. The molecule has 25 heavy (non-hydrogen) atoms. The Hall–Kier alpha value is -1.07. The summed E-state index contributed by atoms with van der Waals surface area (Å²) in [5, 5.41) is 14.2. The number of aromatic nitrogens is 1. The Morgan fingerprint density at radius 3 is 2.52 bits per heavy atom. The molecule has 4 nitrogen and oxygen atoms in total. The molecule has 0 saturated heterocycles. The van der Waals surface area contributed by atoms with Gasteiger partial charge in [-0.15, -0.1) is 0 Å². The highest BCUT2D eigenvalue weighted by Crippen LogP contribution is 2.46. The standard InChI is InChI=1S/C19H23Cl2NO3/c20-15-6-5-7-16(21)17(15)18-14(19(25-22-18)13-8-9-13)12-24-11-4-2-1-3-10-23/h5-7,13,23H,1-4,8-12H2. The van der Waals surface area contributed by atoms with Gasteiger partial charge in [0, 0.05) is 30.3 Å². The van der Waals surface area contributed by atoms with Crippen LogP contribution in [0, 0.1) is 0 Å². The first-order chi connectivity index (χ1) is 12.2. The van der Waals surface area contributed by atoms with E-state index in [1.165, 1.54) is 0 Å². The second-order valence-corrected chi connectivity index (χ2v) is 7.25. The minimum absolute atomic E-state index is 0.258. The molecule has 0 bridgehead atoms. The Kier molecular flexibility index (Phi) is 6.77. The third-order valence-corrected chi connectivity index (χ3v) is 5.04. The maximum absolute atomic E-state index is 8.80. The van der Waals surface area contributed by atoms with E-state index in [1.54, 1.807) is 12.1 Å². The van der Waals surface area contributed by atoms with E-state index in [9.17, 15) is 0 Å². The number of halogens is 2. The van der Waals surface area contributed by atoms with Crippen molar-refractivity contribution in [2.45, 2.75) is 51.0 Å². The van der Waals surface area contributed by atoms with Crippen LogP contribution < -0.4 is 0 Å². The van der Waals surface area contributed by atoms with Crippen LogP contribution in [0.1, 0.15) is 55.8 Å². The second-order valence-electron chi connectivity index (χ2n) is 6.44. The fraction of sp³-hybridized carbons (Fsp3) is 0.526. The topological polar surface area (TPSA) is 55.5 Å². The van der Waals surface area contributed by atoms with Gasteiger partial charge >= 0.3 is 0 Å². The van der Waals surface area contributed by atoms with Crippen LogP contribution >= 0.6 is 23.2 Å². The molecule has 136 valence electrons. The van der Waals surface area contributed by atoms with E-state index in [-0.39, 0.29) is 6.61 Å². The van der Waals surface area contributed by atoms with Gasteiger partial charge in [0.05, 0.1) is 16.7 Å². The lowest BCUT2D eigenvalue weighted by molar-refractivity contribution is 0.115. The summed E-state index contributed by atoms with van der Waals surface area (Å²) in [4.78, 5) is 0. The van der Waals surface area contributed by atoms with Crippen molar-refractivity contribution in [1.82, 2.24) is 5.16 Å². The summed E-state index contributed by atoms with van der Waals surface area (Å²) in [6, 6.07) is 5.43. The highest BCUT2D eigenvalue weighted by Gasteiger charge is 2.33. The van der Waals surface area contributed by atoms with Crippen molar-refractivity contribution in [2.75, 3.05) is 13.2 Å². The summed E-state index contributed by atoms with van der Waals surface area (Å²) in [6.07, 6.45) is 6.17. The second kappa shape index (κ2) is 9.04. The van der Waals surface area contributed by atoms with Crippen LogP contribution in [0.25, 0.3) is 11.3 Å². The van der Waals surface area contributed by atoms with Crippen molar-refractivity contribution in [3.8, 4) is 11.3 Å². The van der Waals surface area contributed by atoms with E-state index in [0.29, 0.717) is 40.4 Å². The number of aliphatic hydroxyl groups is 1. The van der Waals surface area contributed by atoms with Crippen LogP contribution in [0.5, 0.6) is 0 Å². The van der Waals surface area contributed by atoms with Crippen LogP contribution in [0.4, 0.5) is 0 Å². The Bertz CT molecular complexity index is 678. The first kappa shape index (κ1) is 18.7. The van der Waals surface area contributed by atoms with Gasteiger partial charge in [-0.1, -0.05) is 47.3 Å². The number of rotatable bonds is 10. The van der Waals surface area contributed by atoms with Crippen molar-refractivity contribution in [3.63, 3.8) is 0 Å². The Balaban J connectivity index is 1.70. The molecule has 1 fully saturated rings. The number of nitrogens with zero attached hydrogens (tertiary/aromatic N) is 1. The lowest BCUT2D eigenvalue weighted by atomic mass is 10.0. The first-order valence-electron chi connectivity index (χ1n) is 8.83. The molecule has 0 radical (unpaired) electrons. The van der Waals surface area contributed by atoms with E-state index in [4.69, 9.17) is 37.6 Å². The minimum atomic E-state index is 0.258. The molecular formula is C19H23Cl2NO3. The van der Waals surface area contributed by atoms with Crippen molar-refractivity contribution in [1.29, 1.82) is 0 Å². The molecule has 1 aromatic carbocycles. The van der Waals surface area contributed by atoms with E-state index >= 15 is 0 Å². The fourth-order valence-electron chi connectivity index (χ4n) is 2.89. The quantitative estimate of drug-likeness (QED) is 0.542. The lowest BCUT2D eigenvalue weighted by Gasteiger charge is -2.08. The zero-order valence-electron chi connectivity index (χ0n) is 14.1. The molecule has 0 atom stereocenters. The Morgan fingerprint density at radius 2 is 1.84 bits per heavy atom. The number of benzene rings is 1. The lowest BCUT2D eigenvalue weighted by Crippen LogP contribution is -1.99. The highest BCUT2D eigenvalue weighted by atomic mass is 35.5. The molecule has 1 aromatic heterocycles. The molecule has 1 aliphatic carbocycles. The third kappa shape index (κ3) is 4.76. The van der Waals surface area contributed by atoms with E-state index in [2.05, 4.69) is 5.16 Å². The SMILES string of the molecule is OCCCCCCOCc1c(-c2c(Cl)cccc2Cl)noc1C1CC1. The van der Waals surface area contributed by atoms with Gasteiger partial charge in [-0.25, -0.2) is 0 Å². The number of hydrogen-bond donors (Lipinski definition) is 1. The first-order valence-corrected chi connectivity index (χ1v) is 9.59. The number of hydrogen-bond acceptors (Lipinski definition) is 4. The van der Waals surface area contributed by atoms with E-state index in [1.807, 2.05) is 6.07 Å². The Labute approximate surface area is 158 Å². The molecule has 0 spiro atoms. The highest BCUT2D eigenvalue weighted by molar-refractivity contribution is 6.39. The summed E-state index contributed by atoms with van der Waals surface area (Å²) in [6.45, 7) is 1.39. The molecule has 1 heterocycles. The maximum Gasteiger partial charge on any atom is 0.145 e. The van der Waals surface area contributed by atoms with Crippen molar-refractivity contribution < 1.29 is 14.4 Å². The molecular weight excluding hydrogens is 361 g/mol. The van der Waals surface area contributed by atoms with Gasteiger partial charge in [0.1, 0.15) is 11.5 Å². The van der Waals surface area contributed by atoms with Gasteiger partial charge in [0.25, 0.3) is 0 Å². The summed E-state index contributed by atoms with van der Waals surface area (Å²) in [5.41, 5.74) is 2.37. The number of aliphatic hydroxyl groups excluding tert-OH is 1. The van der Waals surface area contributed by atoms with Gasteiger partial charge in [0.15, 0.2) is 0 Å². The van der Waals surface area contributed by atoms with Crippen LogP contribution in [-0.2, 0) is 11.3 Å². The van der Waals surface area contributed by atoms with Crippen molar-refractivity contribution in [2.24, 2.45) is 0 Å². The number of ether oxygens (including phenoxy) is 1. The predicted octanol–water partition coefficient (Wildman–Crippen LogP) is 5.60. The molecule has 1 saturated carbocycles. The molecule has 3 rings (SSSR count). The van der Waals surface area contributed by atoms with Gasteiger partial charge in [-0.05, 0) is 37.8 Å². The van der Waals surface area contributed by atoms with Crippen LogP contribution in [0.2, 0.25) is 10.0 Å². The monoisotopic (exact) mass is 383 g/mol. The zero-order valence-corrected chi connectivity index (χ0v) is 15.7. The minimum Gasteiger partial charge on any atom is -0.396 e. The maximum atomic E-state index is 8.80. The van der Waals surface area contributed by atoms with E-state index in [0.717, 1.165) is 49.8 Å². The Morgan fingerprint density at radius 1 is 1.12 bits per heavy atom. The third-order valence-electron chi connectivity index (χ3n) is 4.41. The molecule has 6 heteroatoms. The van der Waals surface area contributed by atoms with Crippen LogP contribution in [0.3, 0.4) is 0 Å². The predicted molar refractivity (Wildman–Crippen MR) is 99.1 cm³/mol. The summed E-state index contributed by atoms with van der Waals surface area (Å²) < 4.78 is 11.5. The normalized spacial score (nSPS) is 14.2. The van der Waals surface area contributed by atoms with Crippen molar-refractivity contribution >= 4 is 23.2 Å². The molecule has 2 aromatic rings. The van der Waals surface area contributed by atoms with Crippen LogP contribution in [0.15, 0.2) is 22.7 Å².